The number of ether oxygens (including phenoxy) is 1. The molecule has 2 saturated heterocycles. The van der Waals surface area contributed by atoms with E-state index in [0.717, 1.165) is 66.0 Å². The van der Waals surface area contributed by atoms with Crippen LogP contribution in [0.25, 0.3) is 10.2 Å². The normalized spacial score (nSPS) is 18.6. The largest absolute Gasteiger partial charge is 0.378 e. The molecular formula is C22H28N8OS. The molecule has 0 spiro atoms. The maximum absolute atomic E-state index is 9.28. The van der Waals surface area contributed by atoms with Crippen LogP contribution in [-0.4, -0.2) is 59.3 Å². The molecule has 2 aliphatic rings. The number of hydrogen-bond donors (Lipinski definition) is 1. The number of nitriles is 1. The zero-order chi connectivity index (χ0) is 22.3. The lowest BCUT2D eigenvalue weighted by Crippen LogP contribution is -2.36. The first-order valence-corrected chi connectivity index (χ1v) is 11.9. The summed E-state index contributed by atoms with van der Waals surface area (Å²) < 4.78 is 6.41. The molecule has 0 aromatic carbocycles. The van der Waals surface area contributed by atoms with Crippen LogP contribution < -0.4 is 15.1 Å². The van der Waals surface area contributed by atoms with Crippen molar-refractivity contribution in [3.8, 4) is 6.07 Å². The summed E-state index contributed by atoms with van der Waals surface area (Å²) in [7, 11) is 0. The van der Waals surface area contributed by atoms with Crippen molar-refractivity contribution in [3.63, 3.8) is 0 Å². The third-order valence-corrected chi connectivity index (χ3v) is 6.54. The third kappa shape index (κ3) is 4.89. The summed E-state index contributed by atoms with van der Waals surface area (Å²) in [6.45, 7) is 8.73. The van der Waals surface area contributed by atoms with Gasteiger partial charge in [-0.25, -0.2) is 19.9 Å². The maximum Gasteiger partial charge on any atom is 0.186 e. The number of rotatable bonds is 4. The second-order valence-electron chi connectivity index (χ2n) is 7.40. The van der Waals surface area contributed by atoms with E-state index in [-0.39, 0.29) is 5.92 Å². The van der Waals surface area contributed by atoms with Crippen LogP contribution in [0.1, 0.15) is 26.7 Å². The molecule has 5 heterocycles. The topological polar surface area (TPSA) is 103 Å². The Morgan fingerprint density at radius 1 is 1.16 bits per heavy atom. The number of piperidine rings is 1. The Kier molecular flexibility index (Phi) is 7.29. The average molecular weight is 453 g/mol. The van der Waals surface area contributed by atoms with Crippen molar-refractivity contribution in [3.05, 3.63) is 24.7 Å². The predicted octanol–water partition coefficient (Wildman–Crippen LogP) is 3.83. The highest BCUT2D eigenvalue weighted by atomic mass is 32.1. The van der Waals surface area contributed by atoms with Gasteiger partial charge in [-0.05, 0) is 18.9 Å². The van der Waals surface area contributed by atoms with Crippen molar-refractivity contribution in [1.29, 1.82) is 5.26 Å². The molecule has 2 fully saturated rings. The lowest BCUT2D eigenvalue weighted by Gasteiger charge is -2.28. The Hall–Kier alpha value is -3.03. The van der Waals surface area contributed by atoms with Crippen LogP contribution >= 0.6 is 11.3 Å². The minimum atomic E-state index is 0.0705. The quantitative estimate of drug-likeness (QED) is 0.632. The number of aromatic nitrogens is 4. The highest BCUT2D eigenvalue weighted by Gasteiger charge is 2.23. The zero-order valence-electron chi connectivity index (χ0n) is 18.5. The second-order valence-corrected chi connectivity index (χ2v) is 8.38. The Bertz CT molecular complexity index is 1080. The highest BCUT2D eigenvalue weighted by Crippen LogP contribution is 2.35. The van der Waals surface area contributed by atoms with Crippen molar-refractivity contribution in [2.24, 2.45) is 5.92 Å². The maximum atomic E-state index is 9.28. The molecule has 3 aromatic rings. The molecule has 2 aliphatic heterocycles. The summed E-state index contributed by atoms with van der Waals surface area (Å²) >= 11 is 1.60. The van der Waals surface area contributed by atoms with Gasteiger partial charge in [0.2, 0.25) is 0 Å². The van der Waals surface area contributed by atoms with E-state index in [1.54, 1.807) is 23.9 Å². The summed E-state index contributed by atoms with van der Waals surface area (Å²) in [6, 6.07) is 6.26. The first-order chi connectivity index (χ1) is 15.8. The predicted molar refractivity (Wildman–Crippen MR) is 128 cm³/mol. The molecule has 0 bridgehead atoms. The van der Waals surface area contributed by atoms with Gasteiger partial charge < -0.3 is 19.9 Å². The van der Waals surface area contributed by atoms with Crippen LogP contribution in [0, 0.1) is 17.2 Å². The van der Waals surface area contributed by atoms with Crippen molar-refractivity contribution in [2.75, 3.05) is 54.5 Å². The van der Waals surface area contributed by atoms with Gasteiger partial charge in [-0.1, -0.05) is 25.2 Å². The van der Waals surface area contributed by atoms with E-state index >= 15 is 0 Å². The molecule has 0 radical (unpaired) electrons. The van der Waals surface area contributed by atoms with Gasteiger partial charge >= 0.3 is 0 Å². The molecule has 0 saturated carbocycles. The molecule has 1 N–H and O–H groups in total. The fourth-order valence-electron chi connectivity index (χ4n) is 3.83. The lowest BCUT2D eigenvalue weighted by atomic mass is 10.0. The molecule has 5 rings (SSSR count). The Morgan fingerprint density at radius 3 is 2.81 bits per heavy atom. The van der Waals surface area contributed by atoms with Crippen LogP contribution in [0.4, 0.5) is 22.6 Å². The number of morpholine rings is 1. The molecule has 1 unspecified atom stereocenters. The minimum Gasteiger partial charge on any atom is -0.378 e. The highest BCUT2D eigenvalue weighted by molar-refractivity contribution is 7.22. The van der Waals surface area contributed by atoms with Crippen molar-refractivity contribution in [2.45, 2.75) is 26.7 Å². The van der Waals surface area contributed by atoms with Crippen molar-refractivity contribution < 1.29 is 4.74 Å². The summed E-state index contributed by atoms with van der Waals surface area (Å²) in [5.41, 5.74) is 0.897. The summed E-state index contributed by atoms with van der Waals surface area (Å²) in [4.78, 5) is 22.5. The smallest absolute Gasteiger partial charge is 0.186 e. The Morgan fingerprint density at radius 2 is 2.00 bits per heavy atom. The molecule has 9 nitrogen and oxygen atoms in total. The SMILES string of the molecule is CC.N#CC1CCCN(c2nc3ccnc(Nc4cc(N5CCOCC5)ncn4)c3s2)C1. The monoisotopic (exact) mass is 452 g/mol. The van der Waals surface area contributed by atoms with E-state index in [0.29, 0.717) is 19.0 Å². The number of fused-ring (bicyclic) bond motifs is 1. The fraction of sp³-hybridized carbons (Fsp3) is 0.500. The number of hydrogen-bond acceptors (Lipinski definition) is 10. The van der Waals surface area contributed by atoms with E-state index in [2.05, 4.69) is 36.1 Å². The summed E-state index contributed by atoms with van der Waals surface area (Å²) in [5, 5.41) is 13.6. The summed E-state index contributed by atoms with van der Waals surface area (Å²) in [6.07, 6.45) is 5.31. The molecule has 32 heavy (non-hydrogen) atoms. The standard InChI is InChI=1S/C20H22N8OS.C2H6/c21-11-14-2-1-5-28(12-14)20-25-15-3-4-22-19(18(15)30-20)26-16-10-17(24-13-23-16)27-6-8-29-9-7-27;1-2/h3-4,10,13-14H,1-2,5-9,12H2,(H,22,23,24,26);1-2H3. The van der Waals surface area contributed by atoms with Crippen molar-refractivity contribution >= 4 is 44.1 Å². The van der Waals surface area contributed by atoms with Gasteiger partial charge in [0.15, 0.2) is 10.9 Å². The fourth-order valence-corrected chi connectivity index (χ4v) is 4.87. The van der Waals surface area contributed by atoms with Crippen LogP contribution in [-0.2, 0) is 4.74 Å². The molecule has 1 atom stereocenters. The molecule has 0 aliphatic carbocycles. The van der Waals surface area contributed by atoms with Gasteiger partial charge in [0.25, 0.3) is 0 Å². The Balaban J connectivity index is 0.00000119. The van der Waals surface area contributed by atoms with E-state index in [4.69, 9.17) is 9.72 Å². The number of anilines is 4. The van der Waals surface area contributed by atoms with Gasteiger partial charge in [0.1, 0.15) is 18.0 Å². The number of nitrogens with zero attached hydrogens (tertiary/aromatic N) is 7. The average Bonchev–Trinajstić information content (AvgIpc) is 3.32. The van der Waals surface area contributed by atoms with Crippen molar-refractivity contribution in [1.82, 2.24) is 19.9 Å². The van der Waals surface area contributed by atoms with Crippen LogP contribution in [0.15, 0.2) is 24.7 Å². The van der Waals surface area contributed by atoms with Crippen LogP contribution in [0.2, 0.25) is 0 Å². The molecule has 168 valence electrons. The minimum absolute atomic E-state index is 0.0705. The second kappa shape index (κ2) is 10.5. The lowest BCUT2D eigenvalue weighted by molar-refractivity contribution is 0.122. The van der Waals surface area contributed by atoms with E-state index in [1.165, 1.54) is 0 Å². The number of nitrogens with one attached hydrogen (secondary N) is 1. The number of thiazole rings is 1. The van der Waals surface area contributed by atoms with Gasteiger partial charge in [-0.15, -0.1) is 0 Å². The van der Waals surface area contributed by atoms with Crippen LogP contribution in [0.3, 0.4) is 0 Å². The molecular weight excluding hydrogens is 424 g/mol. The van der Waals surface area contributed by atoms with Gasteiger partial charge in [0, 0.05) is 38.4 Å². The zero-order valence-corrected chi connectivity index (χ0v) is 19.3. The Labute approximate surface area is 192 Å². The van der Waals surface area contributed by atoms with Gasteiger partial charge in [-0.2, -0.15) is 5.26 Å². The van der Waals surface area contributed by atoms with Gasteiger partial charge in [-0.3, -0.25) is 0 Å². The molecule has 0 amide bonds. The molecule has 10 heteroatoms. The van der Waals surface area contributed by atoms with E-state index in [1.807, 2.05) is 26.0 Å². The molecule has 3 aromatic heterocycles. The first-order valence-electron chi connectivity index (χ1n) is 11.1. The van der Waals surface area contributed by atoms with E-state index in [9.17, 15) is 5.26 Å². The third-order valence-electron chi connectivity index (χ3n) is 5.40. The van der Waals surface area contributed by atoms with Gasteiger partial charge in [0.05, 0.1) is 35.4 Å². The van der Waals surface area contributed by atoms with E-state index < -0.39 is 0 Å². The number of pyridine rings is 1. The first kappa shape index (κ1) is 22.2. The van der Waals surface area contributed by atoms with Crippen LogP contribution in [0.5, 0.6) is 0 Å². The summed E-state index contributed by atoms with van der Waals surface area (Å²) in [5.74, 6) is 2.38.